The van der Waals surface area contributed by atoms with E-state index in [0.717, 1.165) is 4.90 Å². The highest BCUT2D eigenvalue weighted by molar-refractivity contribution is 6.30. The minimum Gasteiger partial charge on any atom is -0.387 e. The molecule has 0 aliphatic carbocycles. The van der Waals surface area contributed by atoms with Gasteiger partial charge in [-0.15, -0.1) is 0 Å². The molecule has 1 fully saturated rings. The van der Waals surface area contributed by atoms with E-state index in [4.69, 9.17) is 23.2 Å². The van der Waals surface area contributed by atoms with Gasteiger partial charge in [-0.05, 0) is 41.8 Å². The molecule has 0 radical (unpaired) electrons. The Morgan fingerprint density at radius 2 is 1.58 bits per heavy atom. The van der Waals surface area contributed by atoms with Crippen molar-refractivity contribution >= 4 is 35.1 Å². The second-order valence-corrected chi connectivity index (χ2v) is 7.05. The first-order chi connectivity index (χ1) is 12.4. The maximum Gasteiger partial charge on any atom is 0.325 e. The van der Waals surface area contributed by atoms with Crippen LogP contribution in [0.4, 0.5) is 4.79 Å². The van der Waals surface area contributed by atoms with Gasteiger partial charge in [-0.25, -0.2) is 4.79 Å². The molecule has 1 aliphatic heterocycles. The van der Waals surface area contributed by atoms with E-state index in [1.54, 1.807) is 48.5 Å². The van der Waals surface area contributed by atoms with Crippen LogP contribution in [0.5, 0.6) is 0 Å². The summed E-state index contributed by atoms with van der Waals surface area (Å²) in [6.45, 7) is 1.69. The molecule has 5 nitrogen and oxygen atoms in total. The molecule has 2 aromatic rings. The highest BCUT2D eigenvalue weighted by Gasteiger charge is 2.51. The van der Waals surface area contributed by atoms with Gasteiger partial charge < -0.3 is 10.4 Å². The van der Waals surface area contributed by atoms with Gasteiger partial charge in [-0.2, -0.15) is 0 Å². The molecule has 26 heavy (non-hydrogen) atoms. The zero-order chi connectivity index (χ0) is 18.9. The van der Waals surface area contributed by atoms with Crippen molar-refractivity contribution in [3.8, 4) is 0 Å². The highest BCUT2D eigenvalue weighted by atomic mass is 35.5. The number of halogens is 2. The monoisotopic (exact) mass is 392 g/mol. The largest absolute Gasteiger partial charge is 0.387 e. The zero-order valence-corrected chi connectivity index (χ0v) is 15.6. The molecule has 0 aromatic heterocycles. The molecule has 0 bridgehead atoms. The second kappa shape index (κ2) is 7.27. The summed E-state index contributed by atoms with van der Waals surface area (Å²) in [6, 6.07) is 12.9. The lowest BCUT2D eigenvalue weighted by molar-refractivity contribution is -0.132. The van der Waals surface area contributed by atoms with E-state index in [1.807, 2.05) is 6.92 Å². The summed E-state index contributed by atoms with van der Waals surface area (Å²) in [5.41, 5.74) is 0.0863. The van der Waals surface area contributed by atoms with E-state index in [9.17, 15) is 14.7 Å². The van der Waals surface area contributed by atoms with E-state index >= 15 is 0 Å². The van der Waals surface area contributed by atoms with Gasteiger partial charge in [-0.1, -0.05) is 54.4 Å². The Labute approximate surface area is 161 Å². The number of imide groups is 1. The van der Waals surface area contributed by atoms with Crippen LogP contribution in [0.15, 0.2) is 48.5 Å². The summed E-state index contributed by atoms with van der Waals surface area (Å²) < 4.78 is 0. The van der Waals surface area contributed by atoms with Gasteiger partial charge in [0.15, 0.2) is 0 Å². The van der Waals surface area contributed by atoms with E-state index < -0.39 is 17.7 Å². The molecular formula is C19H18Cl2N2O3. The number of hydrogen-bond donors (Lipinski definition) is 2. The number of benzene rings is 2. The molecule has 136 valence electrons. The number of rotatable bonds is 5. The summed E-state index contributed by atoms with van der Waals surface area (Å²) in [5.74, 6) is -0.389. The van der Waals surface area contributed by atoms with Gasteiger partial charge in [0.05, 0.1) is 12.6 Å². The SMILES string of the molecule is CCC1(c2ccc(Cl)cc2)NC(=O)N(CC(O)c2ccc(Cl)cc2)C1=O. The molecule has 1 heterocycles. The average molecular weight is 393 g/mol. The maximum atomic E-state index is 13.1. The normalized spacial score (nSPS) is 21.0. The molecule has 3 amide bonds. The first kappa shape index (κ1) is 18.7. The first-order valence-corrected chi connectivity index (χ1v) is 8.96. The predicted octanol–water partition coefficient (Wildman–Crippen LogP) is 3.88. The smallest absolute Gasteiger partial charge is 0.325 e. The minimum atomic E-state index is -1.15. The van der Waals surface area contributed by atoms with E-state index in [2.05, 4.69) is 5.32 Å². The predicted molar refractivity (Wildman–Crippen MR) is 100 cm³/mol. The third kappa shape index (κ3) is 3.30. The lowest BCUT2D eigenvalue weighted by Crippen LogP contribution is -2.43. The maximum absolute atomic E-state index is 13.1. The van der Waals surface area contributed by atoms with Crippen molar-refractivity contribution < 1.29 is 14.7 Å². The van der Waals surface area contributed by atoms with E-state index in [1.165, 1.54) is 0 Å². The van der Waals surface area contributed by atoms with Crippen LogP contribution in [0.25, 0.3) is 0 Å². The van der Waals surface area contributed by atoms with Crippen molar-refractivity contribution in [1.29, 1.82) is 0 Å². The molecule has 2 unspecified atom stereocenters. The van der Waals surface area contributed by atoms with Crippen LogP contribution < -0.4 is 5.32 Å². The van der Waals surface area contributed by atoms with Crippen molar-refractivity contribution in [2.45, 2.75) is 25.0 Å². The Balaban J connectivity index is 1.85. The number of aliphatic hydroxyl groups excluding tert-OH is 1. The summed E-state index contributed by atoms with van der Waals surface area (Å²) in [5, 5.41) is 14.3. The Kier molecular flexibility index (Phi) is 5.23. The summed E-state index contributed by atoms with van der Waals surface area (Å²) in [7, 11) is 0. The van der Waals surface area contributed by atoms with Crippen LogP contribution in [-0.4, -0.2) is 28.5 Å². The summed E-state index contributed by atoms with van der Waals surface area (Å²) >= 11 is 11.8. The number of amides is 3. The van der Waals surface area contributed by atoms with Crippen LogP contribution in [-0.2, 0) is 10.3 Å². The number of aliphatic hydroxyl groups is 1. The number of carbonyl (C=O) groups excluding carboxylic acids is 2. The third-order valence-corrected chi connectivity index (χ3v) is 5.16. The Hall–Kier alpha value is -2.08. The zero-order valence-electron chi connectivity index (χ0n) is 14.1. The molecular weight excluding hydrogens is 375 g/mol. The molecule has 3 rings (SSSR count). The molecule has 0 saturated carbocycles. The number of β-amino-alcohol motifs (C(OH)–C–C–N with tert-alkyl or cyclic N) is 1. The molecule has 2 N–H and O–H groups in total. The molecule has 1 aliphatic rings. The first-order valence-electron chi connectivity index (χ1n) is 8.21. The topological polar surface area (TPSA) is 69.6 Å². The summed E-state index contributed by atoms with van der Waals surface area (Å²) in [4.78, 5) is 26.6. The van der Waals surface area contributed by atoms with Crippen LogP contribution in [0.2, 0.25) is 10.0 Å². The van der Waals surface area contributed by atoms with Crippen molar-refractivity contribution in [2.75, 3.05) is 6.54 Å². The van der Waals surface area contributed by atoms with Gasteiger partial charge in [0.25, 0.3) is 5.91 Å². The number of hydrogen-bond acceptors (Lipinski definition) is 3. The molecule has 1 saturated heterocycles. The average Bonchev–Trinajstić information content (AvgIpc) is 2.88. The van der Waals surface area contributed by atoms with Gasteiger partial charge >= 0.3 is 6.03 Å². The van der Waals surface area contributed by atoms with Gasteiger partial charge in [0.2, 0.25) is 0 Å². The van der Waals surface area contributed by atoms with Crippen LogP contribution in [0, 0.1) is 0 Å². The van der Waals surface area contributed by atoms with Gasteiger partial charge in [0, 0.05) is 10.0 Å². The van der Waals surface area contributed by atoms with Crippen LogP contribution >= 0.6 is 23.2 Å². The number of nitrogens with zero attached hydrogens (tertiary/aromatic N) is 1. The number of nitrogens with one attached hydrogen (secondary N) is 1. The molecule has 0 spiro atoms. The lowest BCUT2D eigenvalue weighted by Gasteiger charge is -2.26. The fraction of sp³-hybridized carbons (Fsp3) is 0.263. The fourth-order valence-electron chi connectivity index (χ4n) is 3.13. The van der Waals surface area contributed by atoms with E-state index in [-0.39, 0.29) is 12.5 Å². The van der Waals surface area contributed by atoms with Crippen LogP contribution in [0.1, 0.15) is 30.6 Å². The van der Waals surface area contributed by atoms with Crippen molar-refractivity contribution in [3.63, 3.8) is 0 Å². The molecule has 7 heteroatoms. The Morgan fingerprint density at radius 3 is 2.12 bits per heavy atom. The Morgan fingerprint density at radius 1 is 1.04 bits per heavy atom. The summed E-state index contributed by atoms with van der Waals surface area (Å²) in [6.07, 6.45) is -0.618. The van der Waals surface area contributed by atoms with Gasteiger partial charge in [-0.3, -0.25) is 9.69 Å². The van der Waals surface area contributed by atoms with Crippen molar-refractivity contribution in [2.24, 2.45) is 0 Å². The minimum absolute atomic E-state index is 0.137. The van der Waals surface area contributed by atoms with Gasteiger partial charge in [0.1, 0.15) is 5.54 Å². The number of carbonyl (C=O) groups is 2. The fourth-order valence-corrected chi connectivity index (χ4v) is 3.38. The molecule has 2 atom stereocenters. The molecule has 2 aromatic carbocycles. The second-order valence-electron chi connectivity index (χ2n) is 6.18. The van der Waals surface area contributed by atoms with Crippen molar-refractivity contribution in [3.05, 3.63) is 69.7 Å². The standard InChI is InChI=1S/C19H18Cl2N2O3/c1-2-19(13-5-9-15(21)10-6-13)17(25)23(18(26)22-19)11-16(24)12-3-7-14(20)8-4-12/h3-10,16,24H,2,11H2,1H3,(H,22,26). The Bertz CT molecular complexity index is 824. The quantitative estimate of drug-likeness (QED) is 0.758. The van der Waals surface area contributed by atoms with E-state index in [0.29, 0.717) is 27.6 Å². The third-order valence-electron chi connectivity index (χ3n) is 4.65. The number of urea groups is 1. The lowest BCUT2D eigenvalue weighted by atomic mass is 9.87. The van der Waals surface area contributed by atoms with Crippen molar-refractivity contribution in [1.82, 2.24) is 10.2 Å². The van der Waals surface area contributed by atoms with Crippen LogP contribution in [0.3, 0.4) is 0 Å². The highest BCUT2D eigenvalue weighted by Crippen LogP contribution is 2.34.